The van der Waals surface area contributed by atoms with E-state index in [2.05, 4.69) is 44.1 Å². The van der Waals surface area contributed by atoms with Crippen molar-refractivity contribution < 1.29 is 9.53 Å². The number of nitrogens with one attached hydrogen (secondary N) is 1. The molecule has 2 aromatic carbocycles. The highest BCUT2D eigenvalue weighted by atomic mass is 79.9. The van der Waals surface area contributed by atoms with Gasteiger partial charge in [0.25, 0.3) is 5.91 Å². The third-order valence-corrected chi connectivity index (χ3v) is 4.47. The molecule has 0 spiro atoms. The van der Waals surface area contributed by atoms with Crippen LogP contribution < -0.4 is 10.1 Å². The molecule has 0 saturated heterocycles. The fourth-order valence-electron chi connectivity index (χ4n) is 2.20. The third-order valence-electron chi connectivity index (χ3n) is 3.36. The zero-order valence-electron chi connectivity index (χ0n) is 13.2. The van der Waals surface area contributed by atoms with Gasteiger partial charge in [0.05, 0.1) is 4.47 Å². The molecule has 0 radical (unpaired) electrons. The van der Waals surface area contributed by atoms with Gasteiger partial charge >= 0.3 is 0 Å². The summed E-state index contributed by atoms with van der Waals surface area (Å²) in [6, 6.07) is 11.7. The summed E-state index contributed by atoms with van der Waals surface area (Å²) in [5.74, 6) is 0.493. The average molecular weight is 441 g/mol. The van der Waals surface area contributed by atoms with Gasteiger partial charge in [-0.05, 0) is 70.7 Å². The number of benzene rings is 2. The monoisotopic (exact) mass is 439 g/mol. The van der Waals surface area contributed by atoms with Crippen LogP contribution in [0.15, 0.2) is 45.3 Å². The molecule has 122 valence electrons. The zero-order chi connectivity index (χ0) is 16.8. The molecule has 0 bridgehead atoms. The van der Waals surface area contributed by atoms with Gasteiger partial charge in [0.1, 0.15) is 5.75 Å². The zero-order valence-corrected chi connectivity index (χ0v) is 16.3. The first-order valence-electron chi connectivity index (χ1n) is 7.47. The average Bonchev–Trinajstić information content (AvgIpc) is 2.50. The van der Waals surface area contributed by atoms with Crippen LogP contribution in [0.25, 0.3) is 0 Å². The predicted molar refractivity (Wildman–Crippen MR) is 101 cm³/mol. The number of carbonyl (C=O) groups excluding carboxylic acids is 1. The molecule has 23 heavy (non-hydrogen) atoms. The van der Waals surface area contributed by atoms with Gasteiger partial charge in [-0.3, -0.25) is 4.79 Å². The van der Waals surface area contributed by atoms with Gasteiger partial charge in [0.2, 0.25) is 0 Å². The van der Waals surface area contributed by atoms with E-state index in [4.69, 9.17) is 4.74 Å². The van der Waals surface area contributed by atoms with Crippen LogP contribution >= 0.6 is 31.9 Å². The first-order chi connectivity index (χ1) is 11.0. The molecule has 0 atom stereocenters. The van der Waals surface area contributed by atoms with Crippen molar-refractivity contribution in [2.24, 2.45) is 0 Å². The highest BCUT2D eigenvalue weighted by molar-refractivity contribution is 9.10. The molecule has 0 fully saturated rings. The first-order valence-corrected chi connectivity index (χ1v) is 9.05. The number of hydrogen-bond acceptors (Lipinski definition) is 2. The maximum atomic E-state index is 12.0. The van der Waals surface area contributed by atoms with E-state index in [1.807, 2.05) is 43.3 Å². The Balaban J connectivity index is 1.94. The molecule has 0 aromatic heterocycles. The normalized spacial score (nSPS) is 10.4. The van der Waals surface area contributed by atoms with Crippen molar-refractivity contribution >= 4 is 43.5 Å². The molecule has 5 heteroatoms. The number of halogens is 2. The van der Waals surface area contributed by atoms with Crippen molar-refractivity contribution in [2.75, 3.05) is 11.9 Å². The Morgan fingerprint density at radius 2 is 1.96 bits per heavy atom. The molecule has 0 aliphatic heterocycles. The molecule has 1 amide bonds. The summed E-state index contributed by atoms with van der Waals surface area (Å²) < 4.78 is 7.46. The van der Waals surface area contributed by atoms with Gasteiger partial charge in [-0.25, -0.2) is 0 Å². The van der Waals surface area contributed by atoms with Crippen molar-refractivity contribution in [3.63, 3.8) is 0 Å². The summed E-state index contributed by atoms with van der Waals surface area (Å²) in [7, 11) is 0. The Hall–Kier alpha value is -1.33. The van der Waals surface area contributed by atoms with Crippen LogP contribution in [-0.4, -0.2) is 12.5 Å². The molecule has 0 heterocycles. The number of rotatable bonds is 6. The summed E-state index contributed by atoms with van der Waals surface area (Å²) >= 11 is 6.90. The second-order valence-electron chi connectivity index (χ2n) is 5.31. The van der Waals surface area contributed by atoms with Crippen molar-refractivity contribution in [3.8, 4) is 5.75 Å². The molecule has 0 unspecified atom stereocenters. The summed E-state index contributed by atoms with van der Waals surface area (Å²) in [5.41, 5.74) is 3.04. The highest BCUT2D eigenvalue weighted by Gasteiger charge is 2.08. The van der Waals surface area contributed by atoms with Crippen LogP contribution in [0.2, 0.25) is 0 Å². The van der Waals surface area contributed by atoms with Crippen LogP contribution in [0, 0.1) is 6.92 Å². The van der Waals surface area contributed by atoms with Crippen LogP contribution in [0.4, 0.5) is 5.69 Å². The smallest absolute Gasteiger partial charge is 0.262 e. The van der Waals surface area contributed by atoms with Gasteiger partial charge in [0, 0.05) is 10.2 Å². The van der Waals surface area contributed by atoms with Crippen LogP contribution in [0.3, 0.4) is 0 Å². The Bertz CT molecular complexity index is 701. The minimum absolute atomic E-state index is 0.0266. The highest BCUT2D eigenvalue weighted by Crippen LogP contribution is 2.26. The molecule has 0 saturated carbocycles. The SMILES string of the molecule is CCCc1ccc(OCC(=O)Nc2ccc(Br)cc2C)c(Br)c1. The summed E-state index contributed by atoms with van der Waals surface area (Å²) in [6.45, 7) is 4.07. The summed E-state index contributed by atoms with van der Waals surface area (Å²) in [5, 5.41) is 2.86. The Morgan fingerprint density at radius 3 is 2.61 bits per heavy atom. The minimum Gasteiger partial charge on any atom is -0.483 e. The summed E-state index contributed by atoms with van der Waals surface area (Å²) in [6.07, 6.45) is 2.13. The second-order valence-corrected chi connectivity index (χ2v) is 7.08. The lowest BCUT2D eigenvalue weighted by Crippen LogP contribution is -2.20. The van der Waals surface area contributed by atoms with Gasteiger partial charge in [-0.1, -0.05) is 35.3 Å². The van der Waals surface area contributed by atoms with Gasteiger partial charge in [-0.2, -0.15) is 0 Å². The molecule has 2 aromatic rings. The maximum absolute atomic E-state index is 12.0. The number of amides is 1. The standard InChI is InChI=1S/C18H19Br2NO2/c1-3-4-13-5-8-17(15(20)10-13)23-11-18(22)21-16-7-6-14(19)9-12(16)2/h5-10H,3-4,11H2,1-2H3,(H,21,22). The minimum atomic E-state index is -0.181. The second kappa shape index (κ2) is 8.50. The maximum Gasteiger partial charge on any atom is 0.262 e. The lowest BCUT2D eigenvalue weighted by molar-refractivity contribution is -0.118. The quantitative estimate of drug-likeness (QED) is 0.644. The lowest BCUT2D eigenvalue weighted by atomic mass is 10.1. The van der Waals surface area contributed by atoms with Gasteiger partial charge in [-0.15, -0.1) is 0 Å². The van der Waals surface area contributed by atoms with E-state index in [9.17, 15) is 4.79 Å². The van der Waals surface area contributed by atoms with E-state index >= 15 is 0 Å². The fourth-order valence-corrected chi connectivity index (χ4v) is 3.22. The van der Waals surface area contributed by atoms with Crippen LogP contribution in [0.1, 0.15) is 24.5 Å². The van der Waals surface area contributed by atoms with Crippen molar-refractivity contribution in [2.45, 2.75) is 26.7 Å². The number of anilines is 1. The largest absolute Gasteiger partial charge is 0.483 e. The van der Waals surface area contributed by atoms with Crippen LogP contribution in [-0.2, 0) is 11.2 Å². The van der Waals surface area contributed by atoms with E-state index in [0.717, 1.165) is 33.0 Å². The predicted octanol–water partition coefficient (Wildman–Crippen LogP) is 5.49. The van der Waals surface area contributed by atoms with Crippen molar-refractivity contribution in [1.82, 2.24) is 0 Å². The Labute approximate surface area is 153 Å². The Morgan fingerprint density at radius 1 is 1.17 bits per heavy atom. The number of hydrogen-bond donors (Lipinski definition) is 1. The molecule has 3 nitrogen and oxygen atoms in total. The van der Waals surface area contributed by atoms with Crippen molar-refractivity contribution in [3.05, 3.63) is 56.5 Å². The topological polar surface area (TPSA) is 38.3 Å². The van der Waals surface area contributed by atoms with E-state index in [0.29, 0.717) is 5.75 Å². The van der Waals surface area contributed by atoms with Gasteiger partial charge in [0.15, 0.2) is 6.61 Å². The summed E-state index contributed by atoms with van der Waals surface area (Å²) in [4.78, 5) is 12.0. The number of ether oxygens (including phenoxy) is 1. The molecule has 1 N–H and O–H groups in total. The molecular formula is C18H19Br2NO2. The number of carbonyl (C=O) groups is 1. The van der Waals surface area contributed by atoms with E-state index in [1.165, 1.54) is 5.56 Å². The third kappa shape index (κ3) is 5.36. The molecule has 0 aliphatic carbocycles. The Kier molecular flexibility index (Phi) is 6.66. The van der Waals surface area contributed by atoms with E-state index in [1.54, 1.807) is 0 Å². The van der Waals surface area contributed by atoms with Crippen LogP contribution in [0.5, 0.6) is 5.75 Å². The van der Waals surface area contributed by atoms with Crippen molar-refractivity contribution in [1.29, 1.82) is 0 Å². The van der Waals surface area contributed by atoms with Gasteiger partial charge < -0.3 is 10.1 Å². The molecular weight excluding hydrogens is 422 g/mol. The fraction of sp³-hybridized carbons (Fsp3) is 0.278. The first kappa shape index (κ1) is 18.0. The molecule has 0 aliphatic rings. The lowest BCUT2D eigenvalue weighted by Gasteiger charge is -2.11. The molecule has 2 rings (SSSR count). The van der Waals surface area contributed by atoms with E-state index in [-0.39, 0.29) is 12.5 Å². The number of aryl methyl sites for hydroxylation is 2. The van der Waals surface area contributed by atoms with E-state index < -0.39 is 0 Å².